The van der Waals surface area contributed by atoms with Crippen LogP contribution in [0.5, 0.6) is 11.5 Å². The predicted molar refractivity (Wildman–Crippen MR) is 130 cm³/mol. The number of nitrogens with zero attached hydrogens (tertiary/aromatic N) is 1. The molecule has 0 unspecified atom stereocenters. The highest BCUT2D eigenvalue weighted by atomic mass is 16.5. The van der Waals surface area contributed by atoms with Crippen molar-refractivity contribution < 1.29 is 9.53 Å². The Morgan fingerprint density at radius 2 is 1.25 bits per heavy atom. The van der Waals surface area contributed by atoms with Gasteiger partial charge in [0.25, 0.3) is 0 Å². The molecule has 0 fully saturated rings. The number of carbonyl (C=O) groups is 1. The van der Waals surface area contributed by atoms with E-state index in [9.17, 15) is 4.79 Å². The maximum Gasteiger partial charge on any atom is 0.162 e. The Labute approximate surface area is 188 Å². The van der Waals surface area contributed by atoms with Gasteiger partial charge in [0.05, 0.1) is 11.4 Å². The Morgan fingerprint density at radius 3 is 1.81 bits per heavy atom. The Hall–Kier alpha value is -3.85. The second-order valence-corrected chi connectivity index (χ2v) is 8.02. The summed E-state index contributed by atoms with van der Waals surface area (Å²) in [6.45, 7) is 2.11. The van der Waals surface area contributed by atoms with Crippen LogP contribution in [0.2, 0.25) is 0 Å². The molecule has 1 heterocycles. The highest BCUT2D eigenvalue weighted by Gasteiger charge is 2.25. The third-order valence-corrected chi connectivity index (χ3v) is 5.86. The van der Waals surface area contributed by atoms with Crippen LogP contribution in [0.15, 0.2) is 97.1 Å². The molecular formula is C29H25NO2. The van der Waals surface area contributed by atoms with Crippen LogP contribution in [-0.2, 0) is 0 Å². The highest BCUT2D eigenvalue weighted by molar-refractivity contribution is 5.96. The number of hydrogen-bond donors (Lipinski definition) is 0. The van der Waals surface area contributed by atoms with Crippen LogP contribution in [0.25, 0.3) is 11.1 Å². The van der Waals surface area contributed by atoms with Crippen LogP contribution in [0, 0.1) is 0 Å². The van der Waals surface area contributed by atoms with Gasteiger partial charge < -0.3 is 9.64 Å². The first-order valence-electron chi connectivity index (χ1n) is 11.1. The van der Waals surface area contributed by atoms with Crippen LogP contribution < -0.4 is 9.64 Å². The van der Waals surface area contributed by atoms with E-state index in [4.69, 9.17) is 4.74 Å². The van der Waals surface area contributed by atoms with Crippen LogP contribution in [-0.4, -0.2) is 5.78 Å². The van der Waals surface area contributed by atoms with E-state index < -0.39 is 0 Å². The van der Waals surface area contributed by atoms with Crippen molar-refractivity contribution in [3.63, 3.8) is 0 Å². The van der Waals surface area contributed by atoms with Crippen molar-refractivity contribution in [3.8, 4) is 22.6 Å². The highest BCUT2D eigenvalue weighted by Crippen LogP contribution is 2.50. The zero-order valence-electron chi connectivity index (χ0n) is 18.1. The van der Waals surface area contributed by atoms with E-state index in [2.05, 4.69) is 48.2 Å². The second kappa shape index (κ2) is 8.72. The summed E-state index contributed by atoms with van der Waals surface area (Å²) in [6.07, 6.45) is 2.59. The number of anilines is 3. The van der Waals surface area contributed by atoms with Crippen molar-refractivity contribution in [2.75, 3.05) is 4.90 Å². The molecule has 0 saturated heterocycles. The lowest BCUT2D eigenvalue weighted by molar-refractivity contribution is 0.0980. The van der Waals surface area contributed by atoms with Crippen LogP contribution in [0.3, 0.4) is 0 Å². The average Bonchev–Trinajstić information content (AvgIpc) is 2.86. The Morgan fingerprint density at radius 1 is 0.719 bits per heavy atom. The lowest BCUT2D eigenvalue weighted by Gasteiger charge is -2.32. The zero-order chi connectivity index (χ0) is 21.9. The number of Topliss-reactive ketones (excluding diaryl/α,β-unsaturated/α-hetero) is 1. The summed E-state index contributed by atoms with van der Waals surface area (Å²) >= 11 is 0. The summed E-state index contributed by atoms with van der Waals surface area (Å²) in [5.41, 5.74) is 6.13. The predicted octanol–water partition coefficient (Wildman–Crippen LogP) is 8.30. The normalized spacial score (nSPS) is 12.0. The first-order chi connectivity index (χ1) is 15.7. The first-order valence-corrected chi connectivity index (χ1v) is 11.1. The summed E-state index contributed by atoms with van der Waals surface area (Å²) < 4.78 is 6.11. The van der Waals surface area contributed by atoms with Gasteiger partial charge in [-0.3, -0.25) is 4.79 Å². The molecule has 4 aromatic carbocycles. The van der Waals surface area contributed by atoms with Gasteiger partial charge in [-0.05, 0) is 53.9 Å². The van der Waals surface area contributed by atoms with Gasteiger partial charge in [0.1, 0.15) is 0 Å². The van der Waals surface area contributed by atoms with E-state index in [1.165, 1.54) is 0 Å². The molecule has 0 saturated carbocycles. The fourth-order valence-corrected chi connectivity index (χ4v) is 4.12. The van der Waals surface area contributed by atoms with E-state index in [1.54, 1.807) is 0 Å². The number of unbranched alkanes of at least 4 members (excludes halogenated alkanes) is 1. The number of ketones is 1. The smallest absolute Gasteiger partial charge is 0.162 e. The summed E-state index contributed by atoms with van der Waals surface area (Å²) in [5.74, 6) is 1.91. The molecule has 5 rings (SSSR count). The Kier molecular flexibility index (Phi) is 5.47. The monoisotopic (exact) mass is 419 g/mol. The maximum absolute atomic E-state index is 12.3. The minimum atomic E-state index is 0.221. The van der Waals surface area contributed by atoms with Crippen LogP contribution in [0.4, 0.5) is 17.1 Å². The topological polar surface area (TPSA) is 29.5 Å². The molecule has 32 heavy (non-hydrogen) atoms. The third kappa shape index (κ3) is 3.78. The van der Waals surface area contributed by atoms with Gasteiger partial charge in [0, 0.05) is 17.7 Å². The van der Waals surface area contributed by atoms with Crippen molar-refractivity contribution in [1.82, 2.24) is 0 Å². The minimum Gasteiger partial charge on any atom is -0.453 e. The van der Waals surface area contributed by atoms with Crippen molar-refractivity contribution in [2.45, 2.75) is 26.2 Å². The molecule has 0 radical (unpaired) electrons. The minimum absolute atomic E-state index is 0.221. The SMILES string of the molecule is CCCCC(=O)c1ccc(-c2ccc(N3c4ccccc4Oc4ccccc43)cc2)cc1. The molecule has 1 aliphatic heterocycles. The molecule has 0 aromatic heterocycles. The summed E-state index contributed by atoms with van der Waals surface area (Å²) in [7, 11) is 0. The standard InChI is InChI=1S/C29H25NO2/c1-2-3-10-27(31)23-15-13-21(14-16-23)22-17-19-24(20-18-22)30-25-8-4-6-11-28(25)32-29-12-7-5-9-26(29)30/h4-9,11-20H,2-3,10H2,1H3. The fraction of sp³-hybridized carbons (Fsp3) is 0.138. The van der Waals surface area contributed by atoms with Crippen LogP contribution in [0.1, 0.15) is 36.5 Å². The Balaban J connectivity index is 1.44. The Bertz CT molecular complexity index is 1200. The number of rotatable bonds is 6. The molecule has 0 bridgehead atoms. The molecule has 1 aliphatic rings. The maximum atomic E-state index is 12.3. The van der Waals surface area contributed by atoms with E-state index in [-0.39, 0.29) is 5.78 Å². The molecule has 0 spiro atoms. The van der Waals surface area contributed by atoms with Gasteiger partial charge >= 0.3 is 0 Å². The largest absolute Gasteiger partial charge is 0.453 e. The van der Waals surface area contributed by atoms with Gasteiger partial charge in [0.15, 0.2) is 17.3 Å². The van der Waals surface area contributed by atoms with E-state index >= 15 is 0 Å². The van der Waals surface area contributed by atoms with Gasteiger partial charge in [-0.25, -0.2) is 0 Å². The van der Waals surface area contributed by atoms with Crippen molar-refractivity contribution in [1.29, 1.82) is 0 Å². The summed E-state index contributed by atoms with van der Waals surface area (Å²) in [5, 5.41) is 0. The molecule has 4 aromatic rings. The van der Waals surface area contributed by atoms with E-state index in [1.807, 2.05) is 60.7 Å². The quantitative estimate of drug-likeness (QED) is 0.259. The third-order valence-electron chi connectivity index (χ3n) is 5.86. The number of benzene rings is 4. The lowest BCUT2D eigenvalue weighted by Crippen LogP contribution is -2.15. The summed E-state index contributed by atoms with van der Waals surface area (Å²) in [6, 6.07) is 32.7. The molecular weight excluding hydrogens is 394 g/mol. The summed E-state index contributed by atoms with van der Waals surface area (Å²) in [4.78, 5) is 14.5. The van der Waals surface area contributed by atoms with Gasteiger partial charge in [-0.2, -0.15) is 0 Å². The molecule has 0 amide bonds. The number of carbonyl (C=O) groups excluding carboxylic acids is 1. The van der Waals surface area contributed by atoms with Crippen molar-refractivity contribution in [3.05, 3.63) is 103 Å². The molecule has 0 aliphatic carbocycles. The molecule has 3 nitrogen and oxygen atoms in total. The van der Waals surface area contributed by atoms with Gasteiger partial charge in [-0.15, -0.1) is 0 Å². The van der Waals surface area contributed by atoms with E-state index in [0.29, 0.717) is 6.42 Å². The van der Waals surface area contributed by atoms with Crippen molar-refractivity contribution in [2.24, 2.45) is 0 Å². The number of hydrogen-bond acceptors (Lipinski definition) is 3. The number of para-hydroxylation sites is 4. The van der Waals surface area contributed by atoms with Gasteiger partial charge in [-0.1, -0.05) is 74.0 Å². The molecule has 3 heteroatoms. The zero-order valence-corrected chi connectivity index (χ0v) is 18.1. The van der Waals surface area contributed by atoms with Gasteiger partial charge in [0.2, 0.25) is 0 Å². The number of ether oxygens (including phenoxy) is 1. The molecule has 0 atom stereocenters. The molecule has 158 valence electrons. The lowest BCUT2D eigenvalue weighted by atomic mass is 10.00. The number of fused-ring (bicyclic) bond motifs is 2. The second-order valence-electron chi connectivity index (χ2n) is 8.02. The average molecular weight is 420 g/mol. The first kappa shape index (κ1) is 20.1. The van der Waals surface area contributed by atoms with E-state index in [0.717, 1.165) is 58.1 Å². The molecule has 0 N–H and O–H groups in total. The van der Waals surface area contributed by atoms with Crippen molar-refractivity contribution >= 4 is 22.8 Å². The van der Waals surface area contributed by atoms with Crippen LogP contribution >= 0.6 is 0 Å². The fourth-order valence-electron chi connectivity index (χ4n) is 4.12.